The van der Waals surface area contributed by atoms with Crippen molar-refractivity contribution < 1.29 is 13.3 Å². The van der Waals surface area contributed by atoms with E-state index in [1.54, 1.807) is 0 Å². The first-order valence-electron chi connectivity index (χ1n) is 20.7. The Hall–Kier alpha value is 0.827. The van der Waals surface area contributed by atoms with Gasteiger partial charge >= 0.3 is 8.80 Å². The summed E-state index contributed by atoms with van der Waals surface area (Å²) in [5.74, 6) is 0. The summed E-state index contributed by atoms with van der Waals surface area (Å²) in [6.07, 6.45) is 46.3. The molecule has 0 atom stereocenters. The molecule has 0 bridgehead atoms. The Morgan fingerprint density at radius 2 is 0.467 bits per heavy atom. The van der Waals surface area contributed by atoms with Gasteiger partial charge in [-0.25, -0.2) is 0 Å². The third kappa shape index (κ3) is 34.5. The van der Waals surface area contributed by atoms with Crippen molar-refractivity contribution in [1.29, 1.82) is 0 Å². The molecule has 0 aliphatic rings. The maximum Gasteiger partial charge on any atom is 0.500 e. The van der Waals surface area contributed by atoms with Gasteiger partial charge in [0.2, 0.25) is 0 Å². The number of halogens is 1. The molecule has 0 saturated carbocycles. The van der Waals surface area contributed by atoms with Gasteiger partial charge in [0.25, 0.3) is 0 Å². The smallest absolute Gasteiger partial charge is 0.374 e. The van der Waals surface area contributed by atoms with Crippen molar-refractivity contribution in [3.63, 3.8) is 0 Å². The monoisotopic (exact) mass is 767 g/mol. The highest BCUT2D eigenvalue weighted by molar-refractivity contribution is 14.1. The Bertz CT molecular complexity index is 519. The molecule has 0 spiro atoms. The van der Waals surface area contributed by atoms with Crippen LogP contribution in [0.3, 0.4) is 0 Å². The first-order chi connectivity index (χ1) is 22.2. The fourth-order valence-corrected chi connectivity index (χ4v) is 9.97. The van der Waals surface area contributed by atoms with E-state index in [0.717, 1.165) is 6.04 Å². The second-order valence-electron chi connectivity index (χ2n) is 13.7. The predicted molar refractivity (Wildman–Crippen MR) is 212 cm³/mol. The molecule has 0 aromatic rings. The number of hydrogen-bond donors (Lipinski definition) is 0. The average molecular weight is 767 g/mol. The minimum absolute atomic E-state index is 0.686. The van der Waals surface area contributed by atoms with Crippen LogP contribution in [0.2, 0.25) is 6.04 Å². The summed E-state index contributed by atoms with van der Waals surface area (Å²) < 4.78 is 19.3. The van der Waals surface area contributed by atoms with Crippen LogP contribution in [0.4, 0.5) is 0 Å². The van der Waals surface area contributed by atoms with Crippen LogP contribution in [-0.4, -0.2) is 33.1 Å². The van der Waals surface area contributed by atoms with Crippen LogP contribution < -0.4 is 0 Å². The Morgan fingerprint density at radius 3 is 0.644 bits per heavy atom. The van der Waals surface area contributed by atoms with E-state index in [0.29, 0.717) is 19.8 Å². The van der Waals surface area contributed by atoms with E-state index in [2.05, 4.69) is 22.6 Å². The molecule has 0 aromatic carbocycles. The van der Waals surface area contributed by atoms with Gasteiger partial charge in [0.05, 0.1) is 0 Å². The third-order valence-corrected chi connectivity index (χ3v) is 13.4. The van der Waals surface area contributed by atoms with Gasteiger partial charge in [0.1, 0.15) is 0 Å². The minimum atomic E-state index is -2.42. The number of hydrogen-bond acceptors (Lipinski definition) is 3. The largest absolute Gasteiger partial charge is 0.500 e. The summed E-state index contributed by atoms with van der Waals surface area (Å²) >= 11 is 2.50. The summed E-state index contributed by atoms with van der Waals surface area (Å²) in [6.45, 7) is 8.19. The molecule has 0 unspecified atom stereocenters. The van der Waals surface area contributed by atoms with Gasteiger partial charge in [0, 0.05) is 25.9 Å². The topological polar surface area (TPSA) is 27.7 Å². The molecule has 0 rings (SSSR count). The van der Waals surface area contributed by atoms with E-state index in [4.69, 9.17) is 13.3 Å². The lowest BCUT2D eigenvalue weighted by molar-refractivity contribution is 0.0706. The Kier molecular flexibility index (Phi) is 40.0. The van der Waals surface area contributed by atoms with Gasteiger partial charge in [-0.1, -0.05) is 215 Å². The highest BCUT2D eigenvalue weighted by Crippen LogP contribution is 2.21. The van der Waals surface area contributed by atoms with E-state index < -0.39 is 8.80 Å². The van der Waals surface area contributed by atoms with E-state index in [-0.39, 0.29) is 0 Å². The molecule has 0 amide bonds. The first kappa shape index (κ1) is 45.8. The zero-order valence-corrected chi connectivity index (χ0v) is 34.4. The van der Waals surface area contributed by atoms with Gasteiger partial charge in [0.15, 0.2) is 0 Å². The summed E-state index contributed by atoms with van der Waals surface area (Å²) in [6, 6.07) is 0.974. The summed E-state index contributed by atoms with van der Waals surface area (Å²) in [5, 5.41) is 0. The maximum atomic E-state index is 5.97. The molecular weight excluding hydrogens is 683 g/mol. The summed E-state index contributed by atoms with van der Waals surface area (Å²) in [7, 11) is -2.42. The van der Waals surface area contributed by atoms with Crippen LogP contribution >= 0.6 is 22.6 Å². The van der Waals surface area contributed by atoms with E-state index in [1.165, 1.54) is 210 Å². The maximum absolute atomic E-state index is 5.97. The third-order valence-electron chi connectivity index (χ3n) is 9.46. The molecule has 3 nitrogen and oxygen atoms in total. The molecule has 0 aromatic heterocycles. The molecular formula is C40H83IO3Si. The van der Waals surface area contributed by atoms with Gasteiger partial charge in [-0.3, -0.25) is 0 Å². The second-order valence-corrected chi connectivity index (χ2v) is 17.5. The molecule has 0 fully saturated rings. The van der Waals surface area contributed by atoms with Crippen LogP contribution in [0.1, 0.15) is 226 Å². The second kappa shape index (κ2) is 39.3. The zero-order valence-electron chi connectivity index (χ0n) is 31.3. The lowest BCUT2D eigenvalue weighted by Gasteiger charge is -2.28. The van der Waals surface area contributed by atoms with Crippen molar-refractivity contribution in [2.24, 2.45) is 0 Å². The Labute approximate surface area is 299 Å². The van der Waals surface area contributed by atoms with E-state index in [1.807, 2.05) is 20.8 Å². The molecule has 0 aliphatic heterocycles. The molecule has 0 radical (unpaired) electrons. The highest BCUT2D eigenvalue weighted by atomic mass is 127. The van der Waals surface area contributed by atoms with Gasteiger partial charge < -0.3 is 13.3 Å². The van der Waals surface area contributed by atoms with Crippen molar-refractivity contribution in [2.45, 2.75) is 232 Å². The molecule has 5 heteroatoms. The number of alkyl halides is 1. The lowest BCUT2D eigenvalue weighted by Crippen LogP contribution is -2.45. The summed E-state index contributed by atoms with van der Waals surface area (Å²) in [4.78, 5) is 0. The fourth-order valence-electron chi connectivity index (χ4n) is 6.74. The number of rotatable bonds is 40. The summed E-state index contributed by atoms with van der Waals surface area (Å²) in [5.41, 5.74) is 0. The van der Waals surface area contributed by atoms with Crippen LogP contribution in [0.25, 0.3) is 0 Å². The lowest BCUT2D eigenvalue weighted by atomic mass is 10.0. The minimum Gasteiger partial charge on any atom is -0.374 e. The van der Waals surface area contributed by atoms with Gasteiger partial charge in [-0.2, -0.15) is 0 Å². The van der Waals surface area contributed by atoms with Crippen LogP contribution in [0, 0.1) is 0 Å². The van der Waals surface area contributed by atoms with Crippen molar-refractivity contribution in [3.05, 3.63) is 0 Å². The Morgan fingerprint density at radius 1 is 0.289 bits per heavy atom. The van der Waals surface area contributed by atoms with Crippen LogP contribution in [0.5, 0.6) is 0 Å². The normalized spacial score (nSPS) is 12.0. The SMILES string of the molecule is CCO[Si](CCCCCCCCCCCCCCCCCCCCCCCCCCCCCCCCCCI)(OCC)OCC. The van der Waals surface area contributed by atoms with Crippen molar-refractivity contribution in [1.82, 2.24) is 0 Å². The standard InChI is InChI=1S/C40H83IO3Si/c1-4-42-45(43-5-2,44-6-3)40-38-36-34-32-30-28-26-24-22-20-18-16-14-12-10-8-7-9-11-13-15-17-19-21-23-25-27-29-31-33-35-37-39-41/h4-40H2,1-3H3. The van der Waals surface area contributed by atoms with Crippen molar-refractivity contribution in [2.75, 3.05) is 24.2 Å². The van der Waals surface area contributed by atoms with Gasteiger partial charge in [-0.15, -0.1) is 0 Å². The predicted octanol–water partition coefficient (Wildman–Crippen LogP) is 15.0. The first-order valence-corrected chi connectivity index (χ1v) is 24.2. The van der Waals surface area contributed by atoms with Crippen molar-refractivity contribution >= 4 is 31.4 Å². The molecule has 45 heavy (non-hydrogen) atoms. The average Bonchev–Trinajstić information content (AvgIpc) is 3.03. The fraction of sp³-hybridized carbons (Fsp3) is 1.00. The van der Waals surface area contributed by atoms with Crippen LogP contribution in [0.15, 0.2) is 0 Å². The number of unbranched alkanes of at least 4 members (excludes halogenated alkanes) is 31. The van der Waals surface area contributed by atoms with Gasteiger partial charge in [-0.05, 0) is 38.0 Å². The quantitative estimate of drug-likeness (QED) is 0.0269. The Balaban J connectivity index is 3.22. The van der Waals surface area contributed by atoms with E-state index >= 15 is 0 Å². The molecule has 0 N–H and O–H groups in total. The van der Waals surface area contributed by atoms with E-state index in [9.17, 15) is 0 Å². The molecule has 272 valence electrons. The zero-order chi connectivity index (χ0) is 32.8. The molecule has 0 saturated heterocycles. The van der Waals surface area contributed by atoms with Crippen molar-refractivity contribution in [3.8, 4) is 0 Å². The molecule has 0 heterocycles. The molecule has 0 aliphatic carbocycles. The highest BCUT2D eigenvalue weighted by Gasteiger charge is 2.39. The van der Waals surface area contributed by atoms with Crippen LogP contribution in [-0.2, 0) is 13.3 Å².